The second-order valence-corrected chi connectivity index (χ2v) is 3.65. The summed E-state index contributed by atoms with van der Waals surface area (Å²) in [5, 5.41) is 30.8. The van der Waals surface area contributed by atoms with Crippen LogP contribution in [0.5, 0.6) is 0 Å². The minimum atomic E-state index is -1.14. The van der Waals surface area contributed by atoms with Crippen molar-refractivity contribution in [2.45, 2.75) is 30.6 Å². The lowest BCUT2D eigenvalue weighted by atomic mass is 9.98. The number of rotatable bonds is 1. The van der Waals surface area contributed by atoms with Gasteiger partial charge in [0.05, 0.1) is 6.61 Å². The molecule has 80 valence electrons. The molecule has 0 spiro atoms. The highest BCUT2D eigenvalue weighted by Crippen LogP contribution is 2.25. The van der Waals surface area contributed by atoms with E-state index in [1.54, 1.807) is 0 Å². The first kappa shape index (κ1) is 10.1. The molecule has 0 bridgehead atoms. The predicted octanol–water partition coefficient (Wildman–Crippen LogP) is -2.30. The van der Waals surface area contributed by atoms with Crippen molar-refractivity contribution < 1.29 is 24.8 Å². The van der Waals surface area contributed by atoms with Gasteiger partial charge >= 0.3 is 0 Å². The summed E-state index contributed by atoms with van der Waals surface area (Å²) in [6.45, 7) is -0.377. The Labute approximate surface area is 85.4 Å². The molecule has 0 amide bonds. The molecule has 2 rings (SSSR count). The number of nitrogens with one attached hydrogen (secondary N) is 1. The first-order chi connectivity index (χ1) is 6.63. The van der Waals surface area contributed by atoms with Gasteiger partial charge in [-0.15, -0.1) is 0 Å². The van der Waals surface area contributed by atoms with Crippen LogP contribution in [0.3, 0.4) is 0 Å². The molecule has 6 nitrogen and oxygen atoms in total. The minimum absolute atomic E-state index is 0.129. The van der Waals surface area contributed by atoms with Crippen molar-refractivity contribution >= 4 is 17.4 Å². The molecule has 0 aromatic carbocycles. The first-order valence-corrected chi connectivity index (χ1v) is 4.64. The summed E-state index contributed by atoms with van der Waals surface area (Å²) in [7, 11) is 0. The van der Waals surface area contributed by atoms with E-state index < -0.39 is 30.6 Å². The smallest absolute Gasteiger partial charge is 0.259 e. The van der Waals surface area contributed by atoms with Gasteiger partial charge in [0.15, 0.2) is 0 Å². The quantitative estimate of drug-likeness (QED) is 0.370. The molecule has 2 aliphatic rings. The third kappa shape index (κ3) is 1.47. The van der Waals surface area contributed by atoms with Crippen LogP contribution >= 0.6 is 12.2 Å². The molecule has 2 heterocycles. The largest absolute Gasteiger partial charge is 0.439 e. The standard InChI is InChI=1S/C7H11NO5S/c9-1-2-4(10)5(11)3-6(12-2)13-7(14)8-3/h2-6,9-11H,1H2,(H,8,14)/t2-,3-,4-,5-,6-/m1/s1. The molecular weight excluding hydrogens is 210 g/mol. The van der Waals surface area contributed by atoms with Gasteiger partial charge in [-0.1, -0.05) is 0 Å². The van der Waals surface area contributed by atoms with E-state index in [4.69, 9.17) is 26.8 Å². The normalized spacial score (nSPS) is 46.8. The van der Waals surface area contributed by atoms with Crippen LogP contribution in [-0.4, -0.2) is 57.7 Å². The molecule has 0 aliphatic carbocycles. The molecule has 5 atom stereocenters. The maximum atomic E-state index is 9.62. The summed E-state index contributed by atoms with van der Waals surface area (Å²) in [5.41, 5.74) is 0. The first-order valence-electron chi connectivity index (χ1n) is 4.23. The Balaban J connectivity index is 2.13. The van der Waals surface area contributed by atoms with Crippen molar-refractivity contribution in [1.82, 2.24) is 5.32 Å². The highest BCUT2D eigenvalue weighted by molar-refractivity contribution is 7.80. The van der Waals surface area contributed by atoms with Crippen molar-refractivity contribution in [3.63, 3.8) is 0 Å². The third-order valence-corrected chi connectivity index (χ3v) is 2.60. The van der Waals surface area contributed by atoms with Gasteiger partial charge in [-0.3, -0.25) is 0 Å². The second kappa shape index (κ2) is 3.59. The van der Waals surface area contributed by atoms with Crippen molar-refractivity contribution in [3.8, 4) is 0 Å². The van der Waals surface area contributed by atoms with Crippen LogP contribution in [0, 0.1) is 0 Å². The average molecular weight is 221 g/mol. The molecular formula is C7H11NO5S. The average Bonchev–Trinajstić information content (AvgIpc) is 2.52. The fraction of sp³-hybridized carbons (Fsp3) is 0.857. The minimum Gasteiger partial charge on any atom is -0.439 e. The van der Waals surface area contributed by atoms with E-state index in [0.29, 0.717) is 0 Å². The number of thiocarbonyl (C=S) groups is 1. The lowest BCUT2D eigenvalue weighted by Gasteiger charge is -2.37. The van der Waals surface area contributed by atoms with Crippen LogP contribution < -0.4 is 5.32 Å². The Morgan fingerprint density at radius 2 is 2.07 bits per heavy atom. The van der Waals surface area contributed by atoms with E-state index >= 15 is 0 Å². The van der Waals surface area contributed by atoms with Crippen LogP contribution in [-0.2, 0) is 9.47 Å². The highest BCUT2D eigenvalue weighted by atomic mass is 32.1. The van der Waals surface area contributed by atoms with E-state index in [0.717, 1.165) is 0 Å². The van der Waals surface area contributed by atoms with Crippen LogP contribution in [0.1, 0.15) is 0 Å². The summed E-state index contributed by atoms with van der Waals surface area (Å²) in [4.78, 5) is 0. The monoisotopic (exact) mass is 221 g/mol. The number of aliphatic hydroxyl groups excluding tert-OH is 3. The molecule has 0 unspecified atom stereocenters. The van der Waals surface area contributed by atoms with E-state index in [1.807, 2.05) is 0 Å². The third-order valence-electron chi connectivity index (χ3n) is 2.39. The Hall–Kier alpha value is -0.470. The maximum absolute atomic E-state index is 9.62. The van der Waals surface area contributed by atoms with E-state index in [9.17, 15) is 10.2 Å². The summed E-state index contributed by atoms with van der Waals surface area (Å²) in [5.74, 6) is 0. The molecule has 0 aromatic heterocycles. The summed E-state index contributed by atoms with van der Waals surface area (Å²) in [6.07, 6.45) is -3.78. The number of aliphatic hydroxyl groups is 3. The van der Waals surface area contributed by atoms with Gasteiger partial charge in [-0.2, -0.15) is 0 Å². The Morgan fingerprint density at radius 1 is 1.36 bits per heavy atom. The van der Waals surface area contributed by atoms with Gasteiger partial charge in [0.2, 0.25) is 6.29 Å². The van der Waals surface area contributed by atoms with Gasteiger partial charge < -0.3 is 30.1 Å². The van der Waals surface area contributed by atoms with E-state index in [2.05, 4.69) is 5.32 Å². The predicted molar refractivity (Wildman–Crippen MR) is 48.4 cm³/mol. The van der Waals surface area contributed by atoms with Crippen LogP contribution in [0.4, 0.5) is 0 Å². The van der Waals surface area contributed by atoms with Crippen molar-refractivity contribution in [2.75, 3.05) is 6.61 Å². The van der Waals surface area contributed by atoms with E-state index in [1.165, 1.54) is 0 Å². The second-order valence-electron chi connectivity index (χ2n) is 3.28. The SMILES string of the molecule is OC[C@H]1O[C@@H]2OC(=S)N[C@@H]2[C@@H](O)[C@@H]1O. The number of hydrogen-bond donors (Lipinski definition) is 4. The lowest BCUT2D eigenvalue weighted by molar-refractivity contribution is -0.232. The number of hydrogen-bond acceptors (Lipinski definition) is 6. The van der Waals surface area contributed by atoms with Gasteiger partial charge in [0.1, 0.15) is 24.4 Å². The van der Waals surface area contributed by atoms with Crippen molar-refractivity contribution in [3.05, 3.63) is 0 Å². The van der Waals surface area contributed by atoms with Crippen molar-refractivity contribution in [2.24, 2.45) is 0 Å². The number of fused-ring (bicyclic) bond motifs is 1. The van der Waals surface area contributed by atoms with Crippen LogP contribution in [0.15, 0.2) is 0 Å². The molecule has 0 saturated carbocycles. The highest BCUT2D eigenvalue weighted by Gasteiger charge is 2.49. The zero-order valence-corrected chi connectivity index (χ0v) is 7.98. The van der Waals surface area contributed by atoms with Gasteiger partial charge in [-0.25, -0.2) is 0 Å². The molecule has 0 aromatic rings. The maximum Gasteiger partial charge on any atom is 0.259 e. The molecule has 7 heteroatoms. The van der Waals surface area contributed by atoms with Crippen molar-refractivity contribution in [1.29, 1.82) is 0 Å². The molecule has 2 fully saturated rings. The van der Waals surface area contributed by atoms with Crippen LogP contribution in [0.25, 0.3) is 0 Å². The molecule has 4 N–H and O–H groups in total. The molecule has 0 radical (unpaired) electrons. The fourth-order valence-electron chi connectivity index (χ4n) is 1.61. The molecule has 14 heavy (non-hydrogen) atoms. The molecule has 2 saturated heterocycles. The van der Waals surface area contributed by atoms with Crippen LogP contribution in [0.2, 0.25) is 0 Å². The zero-order chi connectivity index (χ0) is 10.3. The number of ether oxygens (including phenoxy) is 2. The lowest BCUT2D eigenvalue weighted by Crippen LogP contribution is -2.60. The van der Waals surface area contributed by atoms with E-state index in [-0.39, 0.29) is 11.8 Å². The Bertz CT molecular complexity index is 250. The Morgan fingerprint density at radius 3 is 2.71 bits per heavy atom. The fourth-order valence-corrected chi connectivity index (χ4v) is 1.84. The summed E-state index contributed by atoms with van der Waals surface area (Å²) < 4.78 is 10.2. The Kier molecular flexibility index (Phi) is 2.58. The van der Waals surface area contributed by atoms with Gasteiger partial charge in [0, 0.05) is 0 Å². The zero-order valence-electron chi connectivity index (χ0n) is 7.16. The van der Waals surface area contributed by atoms with Gasteiger partial charge in [0.25, 0.3) is 5.17 Å². The molecule has 2 aliphatic heterocycles. The topological polar surface area (TPSA) is 91.2 Å². The van der Waals surface area contributed by atoms with Gasteiger partial charge in [-0.05, 0) is 12.2 Å². The summed E-state index contributed by atoms with van der Waals surface area (Å²) >= 11 is 4.73. The summed E-state index contributed by atoms with van der Waals surface area (Å²) in [6, 6.07) is -0.569.